The van der Waals surface area contributed by atoms with Gasteiger partial charge in [-0.25, -0.2) is 13.2 Å². The maximum atomic E-state index is 12.3. The van der Waals surface area contributed by atoms with Crippen LogP contribution in [0, 0.1) is 0 Å². The van der Waals surface area contributed by atoms with Crippen LogP contribution in [0.2, 0.25) is 0 Å². The number of carboxylic acids is 1. The van der Waals surface area contributed by atoms with Gasteiger partial charge in [-0.1, -0.05) is 22.0 Å². The summed E-state index contributed by atoms with van der Waals surface area (Å²) in [5, 5.41) is 9.08. The number of carboxylic acid groups (broad SMARTS) is 1. The van der Waals surface area contributed by atoms with E-state index in [9.17, 15) is 13.2 Å². The van der Waals surface area contributed by atoms with Crippen LogP contribution in [0.4, 0.5) is 11.4 Å². The number of nitrogen functional groups attached to an aromatic ring is 1. The fourth-order valence-electron chi connectivity index (χ4n) is 1.67. The molecule has 0 aliphatic rings. The van der Waals surface area contributed by atoms with E-state index >= 15 is 0 Å². The van der Waals surface area contributed by atoms with Crippen molar-refractivity contribution in [2.75, 3.05) is 10.5 Å². The van der Waals surface area contributed by atoms with E-state index in [1.165, 1.54) is 30.3 Å². The highest BCUT2D eigenvalue weighted by Crippen LogP contribution is 2.24. The van der Waals surface area contributed by atoms with Gasteiger partial charge < -0.3 is 10.8 Å². The largest absolute Gasteiger partial charge is 0.478 e. The number of nitrogens with one attached hydrogen (secondary N) is 1. The third-order valence-electron chi connectivity index (χ3n) is 2.62. The quantitative estimate of drug-likeness (QED) is 0.716. The number of nitrogens with two attached hydrogens (primary N) is 1. The Kier molecular flexibility index (Phi) is 4.19. The van der Waals surface area contributed by atoms with Gasteiger partial charge in [0, 0.05) is 10.2 Å². The molecule has 0 unspecified atom stereocenters. The topological polar surface area (TPSA) is 109 Å². The Morgan fingerprint density at radius 2 is 1.90 bits per heavy atom. The van der Waals surface area contributed by atoms with E-state index in [-0.39, 0.29) is 21.8 Å². The molecule has 0 aliphatic carbocycles. The van der Waals surface area contributed by atoms with Gasteiger partial charge in [0.2, 0.25) is 0 Å². The van der Waals surface area contributed by atoms with E-state index < -0.39 is 16.0 Å². The summed E-state index contributed by atoms with van der Waals surface area (Å²) in [4.78, 5) is 11.1. The predicted molar refractivity (Wildman–Crippen MR) is 82.8 cm³/mol. The molecule has 2 rings (SSSR count). The van der Waals surface area contributed by atoms with Gasteiger partial charge >= 0.3 is 5.97 Å². The van der Waals surface area contributed by atoms with Crippen LogP contribution < -0.4 is 10.5 Å². The molecule has 2 aromatic rings. The molecule has 0 atom stereocenters. The Morgan fingerprint density at radius 3 is 2.52 bits per heavy atom. The smallest absolute Gasteiger partial charge is 0.337 e. The van der Waals surface area contributed by atoms with Crippen LogP contribution in [-0.4, -0.2) is 19.5 Å². The van der Waals surface area contributed by atoms with Crippen LogP contribution in [0.25, 0.3) is 0 Å². The van der Waals surface area contributed by atoms with Gasteiger partial charge in [-0.15, -0.1) is 0 Å². The lowest BCUT2D eigenvalue weighted by atomic mass is 10.1. The van der Waals surface area contributed by atoms with Crippen LogP contribution in [0.15, 0.2) is 51.8 Å². The van der Waals surface area contributed by atoms with Crippen molar-refractivity contribution in [3.05, 3.63) is 52.5 Å². The number of carbonyl (C=O) groups is 1. The first-order valence-electron chi connectivity index (χ1n) is 5.71. The minimum absolute atomic E-state index is 0.00985. The zero-order valence-corrected chi connectivity index (χ0v) is 13.0. The van der Waals surface area contributed by atoms with E-state index in [1.54, 1.807) is 12.1 Å². The third kappa shape index (κ3) is 3.53. The Morgan fingerprint density at radius 1 is 1.19 bits per heavy atom. The first-order chi connectivity index (χ1) is 9.79. The number of rotatable bonds is 4. The van der Waals surface area contributed by atoms with Crippen molar-refractivity contribution >= 4 is 43.3 Å². The van der Waals surface area contributed by atoms with Crippen molar-refractivity contribution in [1.82, 2.24) is 0 Å². The molecule has 0 heterocycles. The van der Waals surface area contributed by atoms with Crippen molar-refractivity contribution in [3.8, 4) is 0 Å². The molecule has 6 nitrogen and oxygen atoms in total. The molecule has 0 bridgehead atoms. The Balaban J connectivity index is 2.46. The molecule has 4 N–H and O–H groups in total. The van der Waals surface area contributed by atoms with Crippen molar-refractivity contribution in [2.45, 2.75) is 4.90 Å². The third-order valence-corrected chi connectivity index (χ3v) is 4.48. The van der Waals surface area contributed by atoms with Crippen molar-refractivity contribution in [3.63, 3.8) is 0 Å². The average molecular weight is 371 g/mol. The van der Waals surface area contributed by atoms with Crippen LogP contribution in [0.3, 0.4) is 0 Å². The van der Waals surface area contributed by atoms with E-state index in [2.05, 4.69) is 20.7 Å². The molecule has 0 aliphatic heterocycles. The van der Waals surface area contributed by atoms with E-state index in [0.717, 1.165) is 0 Å². The fraction of sp³-hybridized carbons (Fsp3) is 0. The van der Waals surface area contributed by atoms with Gasteiger partial charge in [0.1, 0.15) is 0 Å². The monoisotopic (exact) mass is 370 g/mol. The molecule has 8 heteroatoms. The van der Waals surface area contributed by atoms with Crippen LogP contribution >= 0.6 is 15.9 Å². The molecule has 0 spiro atoms. The van der Waals surface area contributed by atoms with Crippen LogP contribution in [0.5, 0.6) is 0 Å². The molecule has 0 saturated carbocycles. The zero-order valence-electron chi connectivity index (χ0n) is 10.6. The Hall–Kier alpha value is -2.06. The van der Waals surface area contributed by atoms with Gasteiger partial charge in [-0.2, -0.15) is 0 Å². The summed E-state index contributed by atoms with van der Waals surface area (Å²) < 4.78 is 27.4. The molecular weight excluding hydrogens is 360 g/mol. The Bertz CT molecular complexity index is 806. The molecule has 0 radical (unpaired) electrons. The van der Waals surface area contributed by atoms with Gasteiger partial charge in [0.05, 0.1) is 16.1 Å². The highest BCUT2D eigenvalue weighted by Gasteiger charge is 2.19. The number of anilines is 2. The van der Waals surface area contributed by atoms with E-state index in [4.69, 9.17) is 10.8 Å². The lowest BCUT2D eigenvalue weighted by Crippen LogP contribution is -2.15. The van der Waals surface area contributed by atoms with Crippen molar-refractivity contribution < 1.29 is 18.3 Å². The van der Waals surface area contributed by atoms with Crippen LogP contribution in [0.1, 0.15) is 10.4 Å². The highest BCUT2D eigenvalue weighted by atomic mass is 79.9. The normalized spacial score (nSPS) is 11.1. The van der Waals surface area contributed by atoms with E-state index in [0.29, 0.717) is 4.47 Å². The zero-order chi connectivity index (χ0) is 15.6. The molecule has 0 aromatic heterocycles. The van der Waals surface area contributed by atoms with Gasteiger partial charge in [0.15, 0.2) is 0 Å². The van der Waals surface area contributed by atoms with Gasteiger partial charge in [-0.05, 0) is 36.4 Å². The minimum atomic E-state index is -3.91. The number of halogens is 1. The van der Waals surface area contributed by atoms with Crippen LogP contribution in [-0.2, 0) is 10.0 Å². The maximum absolute atomic E-state index is 12.3. The maximum Gasteiger partial charge on any atom is 0.337 e. The summed E-state index contributed by atoms with van der Waals surface area (Å²) in [6.07, 6.45) is 0. The first kappa shape index (κ1) is 15.3. The minimum Gasteiger partial charge on any atom is -0.478 e. The van der Waals surface area contributed by atoms with Gasteiger partial charge in [0.25, 0.3) is 10.0 Å². The number of hydrogen-bond acceptors (Lipinski definition) is 4. The summed E-state index contributed by atoms with van der Waals surface area (Å²) in [6.45, 7) is 0. The van der Waals surface area contributed by atoms with Gasteiger partial charge in [-0.3, -0.25) is 4.72 Å². The van der Waals surface area contributed by atoms with E-state index in [1.807, 2.05) is 0 Å². The highest BCUT2D eigenvalue weighted by molar-refractivity contribution is 9.10. The number of aromatic carboxylic acids is 1. The SMILES string of the molecule is Nc1ccc(C(=O)O)c(NS(=O)(=O)c2cccc(Br)c2)c1. The Labute approximate surface area is 129 Å². The molecular formula is C13H11BrN2O4S. The van der Waals surface area contributed by atoms with Crippen molar-refractivity contribution in [1.29, 1.82) is 0 Å². The van der Waals surface area contributed by atoms with Crippen molar-refractivity contribution in [2.24, 2.45) is 0 Å². The summed E-state index contributed by atoms with van der Waals surface area (Å²) >= 11 is 3.18. The predicted octanol–water partition coefficient (Wildman–Crippen LogP) is 2.53. The second-order valence-electron chi connectivity index (χ2n) is 4.17. The molecule has 0 saturated heterocycles. The molecule has 110 valence electrons. The summed E-state index contributed by atoms with van der Waals surface area (Å²) in [7, 11) is -3.91. The summed E-state index contributed by atoms with van der Waals surface area (Å²) in [5.41, 5.74) is 5.57. The molecule has 0 amide bonds. The lowest BCUT2D eigenvalue weighted by Gasteiger charge is -2.11. The lowest BCUT2D eigenvalue weighted by molar-refractivity contribution is 0.0698. The second kappa shape index (κ2) is 5.74. The number of hydrogen-bond donors (Lipinski definition) is 3. The molecule has 0 fully saturated rings. The number of sulfonamides is 1. The fourth-order valence-corrected chi connectivity index (χ4v) is 3.34. The number of benzene rings is 2. The standard InChI is InChI=1S/C13H11BrN2O4S/c14-8-2-1-3-10(6-8)21(19,20)16-12-7-9(15)4-5-11(12)13(17)18/h1-7,16H,15H2,(H,17,18). The average Bonchev–Trinajstić information content (AvgIpc) is 2.38. The summed E-state index contributed by atoms with van der Waals surface area (Å²) in [5.74, 6) is -1.25. The first-order valence-corrected chi connectivity index (χ1v) is 7.98. The molecule has 21 heavy (non-hydrogen) atoms. The summed E-state index contributed by atoms with van der Waals surface area (Å²) in [6, 6.07) is 9.96. The molecule has 2 aromatic carbocycles. The second-order valence-corrected chi connectivity index (χ2v) is 6.77.